The number of ketones is 2. The van der Waals surface area contributed by atoms with E-state index in [9.17, 15) is 14.7 Å². The summed E-state index contributed by atoms with van der Waals surface area (Å²) in [6.07, 6.45) is 3.56. The SMILES string of the molecule is CC1(C)CC(=O)C(C=NC2=NNC3CC(C)(C)CC(=O)C23)=C(O)C1. The standard InChI is InChI=1S/C18H25N3O3/c1-17(2)5-11-15(14(24)8-17)16(21-20-11)19-9-10-12(22)6-18(3,4)7-13(10)23/h9,11,15,20,22H,5-8H2,1-4H3. The van der Waals surface area contributed by atoms with Gasteiger partial charge in [-0.15, -0.1) is 0 Å². The molecule has 0 spiro atoms. The molecule has 2 atom stereocenters. The van der Waals surface area contributed by atoms with Crippen LogP contribution < -0.4 is 5.43 Å². The van der Waals surface area contributed by atoms with Crippen molar-refractivity contribution in [2.45, 2.75) is 59.4 Å². The van der Waals surface area contributed by atoms with Crippen LogP contribution in [0.5, 0.6) is 0 Å². The Balaban J connectivity index is 1.79. The number of hydrazone groups is 1. The van der Waals surface area contributed by atoms with E-state index >= 15 is 0 Å². The van der Waals surface area contributed by atoms with Gasteiger partial charge in [-0.2, -0.15) is 5.10 Å². The van der Waals surface area contributed by atoms with Gasteiger partial charge < -0.3 is 10.5 Å². The topological polar surface area (TPSA) is 91.1 Å². The van der Waals surface area contributed by atoms with Gasteiger partial charge in [-0.05, 0) is 17.3 Å². The van der Waals surface area contributed by atoms with Crippen molar-refractivity contribution in [3.63, 3.8) is 0 Å². The number of aliphatic imine (C=N–C) groups is 1. The van der Waals surface area contributed by atoms with Gasteiger partial charge in [0.1, 0.15) is 17.5 Å². The Kier molecular flexibility index (Phi) is 3.89. The number of amidine groups is 1. The van der Waals surface area contributed by atoms with Crippen molar-refractivity contribution >= 4 is 23.6 Å². The largest absolute Gasteiger partial charge is 0.511 e. The lowest BCUT2D eigenvalue weighted by Gasteiger charge is -2.35. The molecule has 6 nitrogen and oxygen atoms in total. The molecule has 1 heterocycles. The highest BCUT2D eigenvalue weighted by molar-refractivity contribution is 6.18. The lowest BCUT2D eigenvalue weighted by molar-refractivity contribution is -0.126. The van der Waals surface area contributed by atoms with Crippen molar-refractivity contribution in [2.75, 3.05) is 0 Å². The van der Waals surface area contributed by atoms with Crippen molar-refractivity contribution in [3.05, 3.63) is 11.3 Å². The minimum absolute atomic E-state index is 0.0306. The second-order valence-corrected chi connectivity index (χ2v) is 8.75. The number of rotatable bonds is 1. The molecule has 1 fully saturated rings. The number of carbonyl (C=O) groups is 2. The van der Waals surface area contributed by atoms with Crippen LogP contribution in [0.3, 0.4) is 0 Å². The molecule has 6 heteroatoms. The summed E-state index contributed by atoms with van der Waals surface area (Å²) in [5, 5.41) is 14.3. The fourth-order valence-electron chi connectivity index (χ4n) is 3.94. The van der Waals surface area contributed by atoms with Gasteiger partial charge in [0.2, 0.25) is 0 Å². The molecule has 0 bridgehead atoms. The highest BCUT2D eigenvalue weighted by Gasteiger charge is 2.46. The number of nitrogens with one attached hydrogen (secondary N) is 1. The Morgan fingerprint density at radius 1 is 1.17 bits per heavy atom. The van der Waals surface area contributed by atoms with E-state index < -0.39 is 0 Å². The summed E-state index contributed by atoms with van der Waals surface area (Å²) in [7, 11) is 0. The molecule has 2 unspecified atom stereocenters. The highest BCUT2D eigenvalue weighted by atomic mass is 16.3. The first-order valence-electron chi connectivity index (χ1n) is 8.43. The zero-order valence-corrected chi connectivity index (χ0v) is 14.7. The number of fused-ring (bicyclic) bond motifs is 1. The Morgan fingerprint density at radius 2 is 1.88 bits per heavy atom. The van der Waals surface area contributed by atoms with Gasteiger partial charge in [0.15, 0.2) is 11.6 Å². The van der Waals surface area contributed by atoms with E-state index in [1.807, 2.05) is 13.8 Å². The molecule has 0 saturated heterocycles. The summed E-state index contributed by atoms with van der Waals surface area (Å²) in [6.45, 7) is 8.06. The fraction of sp³-hybridized carbons (Fsp3) is 0.667. The van der Waals surface area contributed by atoms with Crippen LogP contribution in [0, 0.1) is 16.7 Å². The minimum atomic E-state index is -0.354. The zero-order valence-electron chi connectivity index (χ0n) is 14.7. The summed E-state index contributed by atoms with van der Waals surface area (Å²) in [4.78, 5) is 29.0. The van der Waals surface area contributed by atoms with E-state index in [0.717, 1.165) is 6.42 Å². The maximum absolute atomic E-state index is 12.4. The molecular weight excluding hydrogens is 306 g/mol. The zero-order chi connectivity index (χ0) is 17.7. The molecule has 130 valence electrons. The maximum Gasteiger partial charge on any atom is 0.168 e. The Hall–Kier alpha value is -1.98. The highest BCUT2D eigenvalue weighted by Crippen LogP contribution is 2.39. The summed E-state index contributed by atoms with van der Waals surface area (Å²) in [5.41, 5.74) is 2.98. The number of hydrogen-bond acceptors (Lipinski definition) is 6. The van der Waals surface area contributed by atoms with E-state index in [-0.39, 0.29) is 45.7 Å². The molecule has 0 radical (unpaired) electrons. The first-order valence-corrected chi connectivity index (χ1v) is 8.43. The first kappa shape index (κ1) is 16.9. The summed E-state index contributed by atoms with van der Waals surface area (Å²) >= 11 is 0. The number of aliphatic hydroxyl groups is 1. The third-order valence-electron chi connectivity index (χ3n) is 5.02. The summed E-state index contributed by atoms with van der Waals surface area (Å²) in [6, 6.07) is -0.0306. The van der Waals surface area contributed by atoms with Crippen molar-refractivity contribution in [3.8, 4) is 0 Å². The number of allylic oxidation sites excluding steroid dienone is 2. The van der Waals surface area contributed by atoms with Gasteiger partial charge in [-0.1, -0.05) is 27.7 Å². The molecule has 2 aliphatic carbocycles. The Labute approximate surface area is 142 Å². The fourth-order valence-corrected chi connectivity index (χ4v) is 3.94. The molecular formula is C18H25N3O3. The maximum atomic E-state index is 12.4. The predicted octanol–water partition coefficient (Wildman–Crippen LogP) is 2.55. The second-order valence-electron chi connectivity index (χ2n) is 8.75. The molecule has 1 saturated carbocycles. The Bertz CT molecular complexity index is 686. The van der Waals surface area contributed by atoms with E-state index in [1.165, 1.54) is 6.21 Å². The van der Waals surface area contributed by atoms with Gasteiger partial charge in [-0.3, -0.25) is 9.59 Å². The van der Waals surface area contributed by atoms with Crippen LogP contribution in [0.25, 0.3) is 0 Å². The van der Waals surface area contributed by atoms with Gasteiger partial charge in [0.25, 0.3) is 0 Å². The molecule has 1 aliphatic heterocycles. The van der Waals surface area contributed by atoms with Gasteiger partial charge in [0.05, 0.1) is 11.6 Å². The van der Waals surface area contributed by atoms with Crippen molar-refractivity contribution < 1.29 is 14.7 Å². The number of Topliss-reactive ketones (excluding diaryl/α,β-unsaturated/α-hetero) is 2. The monoisotopic (exact) mass is 331 g/mol. The molecule has 0 aromatic rings. The first-order chi connectivity index (χ1) is 11.1. The van der Waals surface area contributed by atoms with Gasteiger partial charge in [-0.25, -0.2) is 4.99 Å². The average Bonchev–Trinajstić information content (AvgIpc) is 2.77. The third-order valence-corrected chi connectivity index (χ3v) is 5.02. The molecule has 0 aromatic heterocycles. The number of hydrogen-bond donors (Lipinski definition) is 2. The summed E-state index contributed by atoms with van der Waals surface area (Å²) < 4.78 is 0. The van der Waals surface area contributed by atoms with Crippen LogP contribution in [0.2, 0.25) is 0 Å². The van der Waals surface area contributed by atoms with E-state index in [1.54, 1.807) is 0 Å². The third kappa shape index (κ3) is 3.14. The van der Waals surface area contributed by atoms with Crippen molar-refractivity contribution in [2.24, 2.45) is 26.8 Å². The van der Waals surface area contributed by atoms with Gasteiger partial charge >= 0.3 is 0 Å². The number of carbonyl (C=O) groups excluding carboxylic acids is 2. The van der Waals surface area contributed by atoms with Crippen LogP contribution in [0.4, 0.5) is 0 Å². The summed E-state index contributed by atoms with van der Waals surface area (Å²) in [5.74, 6) is 0.142. The normalized spacial score (nSPS) is 31.9. The second kappa shape index (κ2) is 5.53. The van der Waals surface area contributed by atoms with Crippen LogP contribution in [-0.2, 0) is 9.59 Å². The average molecular weight is 331 g/mol. The van der Waals surface area contributed by atoms with Crippen molar-refractivity contribution in [1.82, 2.24) is 5.43 Å². The molecule has 24 heavy (non-hydrogen) atoms. The van der Waals surface area contributed by atoms with Crippen LogP contribution >= 0.6 is 0 Å². The van der Waals surface area contributed by atoms with Crippen LogP contribution in [0.1, 0.15) is 53.4 Å². The van der Waals surface area contributed by atoms with E-state index in [2.05, 4.69) is 29.4 Å². The van der Waals surface area contributed by atoms with Gasteiger partial charge in [0, 0.05) is 25.5 Å². The number of aliphatic hydroxyl groups excluding tert-OH is 1. The molecule has 2 N–H and O–H groups in total. The molecule has 0 aromatic carbocycles. The molecule has 3 aliphatic rings. The minimum Gasteiger partial charge on any atom is -0.511 e. The predicted molar refractivity (Wildman–Crippen MR) is 92.0 cm³/mol. The van der Waals surface area contributed by atoms with Crippen LogP contribution in [0.15, 0.2) is 21.4 Å². The number of nitrogens with zero attached hydrogens (tertiary/aromatic N) is 2. The van der Waals surface area contributed by atoms with E-state index in [4.69, 9.17) is 0 Å². The Morgan fingerprint density at radius 3 is 2.54 bits per heavy atom. The quantitative estimate of drug-likeness (QED) is 0.722. The smallest absolute Gasteiger partial charge is 0.168 e. The molecule has 0 amide bonds. The van der Waals surface area contributed by atoms with Crippen molar-refractivity contribution in [1.29, 1.82) is 0 Å². The lowest BCUT2D eigenvalue weighted by Crippen LogP contribution is -2.45. The van der Waals surface area contributed by atoms with E-state index in [0.29, 0.717) is 25.1 Å². The lowest BCUT2D eigenvalue weighted by atomic mass is 9.70. The van der Waals surface area contributed by atoms with Crippen LogP contribution in [-0.4, -0.2) is 34.8 Å². The molecule has 3 rings (SSSR count).